The van der Waals surface area contributed by atoms with E-state index in [1.54, 1.807) is 19.2 Å². The number of para-hydroxylation sites is 1. The molecule has 0 aliphatic heterocycles. The summed E-state index contributed by atoms with van der Waals surface area (Å²) < 4.78 is 5.37. The lowest BCUT2D eigenvalue weighted by molar-refractivity contribution is 0.0954. The summed E-state index contributed by atoms with van der Waals surface area (Å²) in [6, 6.07) is 17.2. The van der Waals surface area contributed by atoms with Crippen molar-refractivity contribution < 1.29 is 9.53 Å². The molecule has 0 heterocycles. The van der Waals surface area contributed by atoms with Gasteiger partial charge in [0.05, 0.1) is 7.11 Å². The number of hydrogen-bond acceptors (Lipinski definition) is 3. The van der Waals surface area contributed by atoms with E-state index in [1.807, 2.05) is 49.4 Å². The average Bonchev–Trinajstić information content (AvgIpc) is 2.72. The summed E-state index contributed by atoms with van der Waals surface area (Å²) in [5.74, 6) is 1.55. The molecule has 2 aromatic carbocycles. The smallest absolute Gasteiger partial charge is 0.251 e. The maximum atomic E-state index is 12.0. The van der Waals surface area contributed by atoms with E-state index < -0.39 is 0 Å². The van der Waals surface area contributed by atoms with Crippen LogP contribution in [0.1, 0.15) is 22.8 Å². The van der Waals surface area contributed by atoms with Gasteiger partial charge < -0.3 is 20.7 Å². The molecule has 0 unspecified atom stereocenters. The van der Waals surface area contributed by atoms with E-state index in [0.29, 0.717) is 25.2 Å². The molecule has 0 saturated carbocycles. The minimum Gasteiger partial charge on any atom is -0.496 e. The predicted octanol–water partition coefficient (Wildman–Crippen LogP) is 2.84. The van der Waals surface area contributed by atoms with Crippen LogP contribution in [0.4, 0.5) is 0 Å². The number of amides is 1. The quantitative estimate of drug-likeness (QED) is 0.216. The van der Waals surface area contributed by atoms with Crippen LogP contribution in [0.2, 0.25) is 0 Å². The van der Waals surface area contributed by atoms with Crippen LogP contribution >= 0.6 is 24.0 Å². The van der Waals surface area contributed by atoms with Gasteiger partial charge >= 0.3 is 0 Å². The normalized spacial score (nSPS) is 10.6. The molecule has 2 aromatic rings. The van der Waals surface area contributed by atoms with Crippen molar-refractivity contribution in [2.24, 2.45) is 4.99 Å². The van der Waals surface area contributed by atoms with E-state index >= 15 is 0 Å². The number of hydrogen-bond donors (Lipinski definition) is 3. The SMILES string of the molecule is CCNC(=NCCc1ccccc1OC)NCCNC(=O)c1ccccc1.I. The molecule has 0 aromatic heterocycles. The van der Waals surface area contributed by atoms with E-state index in [1.165, 1.54) is 0 Å². The number of carbonyl (C=O) groups is 1. The van der Waals surface area contributed by atoms with E-state index in [9.17, 15) is 4.79 Å². The highest BCUT2D eigenvalue weighted by atomic mass is 127. The number of halogens is 1. The van der Waals surface area contributed by atoms with Crippen LogP contribution in [0.15, 0.2) is 59.6 Å². The van der Waals surface area contributed by atoms with Crippen LogP contribution in [0.5, 0.6) is 5.75 Å². The maximum Gasteiger partial charge on any atom is 0.251 e. The number of methoxy groups -OCH3 is 1. The van der Waals surface area contributed by atoms with Gasteiger partial charge in [0.1, 0.15) is 5.75 Å². The Balaban J connectivity index is 0.00000392. The highest BCUT2D eigenvalue weighted by Crippen LogP contribution is 2.17. The summed E-state index contributed by atoms with van der Waals surface area (Å²) in [6.07, 6.45) is 0.797. The summed E-state index contributed by atoms with van der Waals surface area (Å²) >= 11 is 0. The summed E-state index contributed by atoms with van der Waals surface area (Å²) in [4.78, 5) is 16.6. The zero-order chi connectivity index (χ0) is 19.3. The molecule has 6 nitrogen and oxygen atoms in total. The standard InChI is InChI=1S/C21H28N4O2.HI/c1-3-22-21(24-14-13-17-9-7-8-12-19(17)27-2)25-16-15-23-20(26)18-10-5-4-6-11-18;/h4-12H,3,13-16H2,1-2H3,(H,23,26)(H2,22,24,25);1H. The highest BCUT2D eigenvalue weighted by Gasteiger charge is 2.04. The van der Waals surface area contributed by atoms with E-state index in [-0.39, 0.29) is 29.9 Å². The van der Waals surface area contributed by atoms with Crippen LogP contribution in [0.3, 0.4) is 0 Å². The molecule has 0 bridgehead atoms. The van der Waals surface area contributed by atoms with E-state index in [0.717, 1.165) is 30.2 Å². The summed E-state index contributed by atoms with van der Waals surface area (Å²) in [6.45, 7) is 4.56. The second-order valence-corrected chi connectivity index (χ2v) is 5.87. The number of aliphatic imine (C=N–C) groups is 1. The fourth-order valence-electron chi connectivity index (χ4n) is 2.59. The van der Waals surface area contributed by atoms with Crippen LogP contribution in [-0.2, 0) is 6.42 Å². The molecule has 0 radical (unpaired) electrons. The third kappa shape index (κ3) is 8.16. The van der Waals surface area contributed by atoms with Gasteiger partial charge in [-0.1, -0.05) is 36.4 Å². The second-order valence-electron chi connectivity index (χ2n) is 5.87. The van der Waals surface area contributed by atoms with Crippen molar-refractivity contribution in [2.45, 2.75) is 13.3 Å². The molecule has 0 aliphatic rings. The van der Waals surface area contributed by atoms with Gasteiger partial charge in [-0.2, -0.15) is 0 Å². The Hall–Kier alpha value is -2.29. The number of nitrogens with zero attached hydrogens (tertiary/aromatic N) is 1. The zero-order valence-corrected chi connectivity index (χ0v) is 18.7. The number of carbonyl (C=O) groups excluding carboxylic acids is 1. The highest BCUT2D eigenvalue weighted by molar-refractivity contribution is 14.0. The van der Waals surface area contributed by atoms with Gasteiger partial charge in [-0.3, -0.25) is 9.79 Å². The fourth-order valence-corrected chi connectivity index (χ4v) is 2.59. The molecule has 0 aliphatic carbocycles. The molecular weight excluding hydrogens is 467 g/mol. The lowest BCUT2D eigenvalue weighted by atomic mass is 10.1. The summed E-state index contributed by atoms with van der Waals surface area (Å²) in [5, 5.41) is 9.34. The number of ether oxygens (including phenoxy) is 1. The molecule has 0 atom stereocenters. The first kappa shape index (κ1) is 23.7. The van der Waals surface area contributed by atoms with Crippen molar-refractivity contribution in [1.82, 2.24) is 16.0 Å². The third-order valence-corrected chi connectivity index (χ3v) is 3.93. The molecule has 1 amide bonds. The number of nitrogens with one attached hydrogen (secondary N) is 3. The minimum absolute atomic E-state index is 0. The largest absolute Gasteiger partial charge is 0.496 e. The van der Waals surface area contributed by atoms with Crippen molar-refractivity contribution in [3.63, 3.8) is 0 Å². The Morgan fingerprint density at radius 1 is 0.964 bits per heavy atom. The molecule has 7 heteroatoms. The molecular formula is C21H29IN4O2. The third-order valence-electron chi connectivity index (χ3n) is 3.93. The molecule has 152 valence electrons. The fraction of sp³-hybridized carbons (Fsp3) is 0.333. The Morgan fingerprint density at radius 3 is 2.36 bits per heavy atom. The Labute approximate surface area is 184 Å². The second kappa shape index (κ2) is 13.8. The average molecular weight is 496 g/mol. The molecule has 0 saturated heterocycles. The van der Waals surface area contributed by atoms with Gasteiger partial charge in [0.15, 0.2) is 5.96 Å². The van der Waals surface area contributed by atoms with E-state index in [4.69, 9.17) is 4.74 Å². The monoisotopic (exact) mass is 496 g/mol. The van der Waals surface area contributed by atoms with Crippen molar-refractivity contribution in [1.29, 1.82) is 0 Å². The lowest BCUT2D eigenvalue weighted by Crippen LogP contribution is -2.41. The molecule has 3 N–H and O–H groups in total. The molecule has 28 heavy (non-hydrogen) atoms. The Bertz CT molecular complexity index is 738. The van der Waals surface area contributed by atoms with Gasteiger partial charge in [0.25, 0.3) is 5.91 Å². The van der Waals surface area contributed by atoms with Crippen molar-refractivity contribution in [2.75, 3.05) is 33.3 Å². The van der Waals surface area contributed by atoms with Crippen molar-refractivity contribution >= 4 is 35.8 Å². The predicted molar refractivity (Wildman–Crippen MR) is 125 cm³/mol. The minimum atomic E-state index is -0.0736. The van der Waals surface area contributed by atoms with Crippen molar-refractivity contribution in [3.8, 4) is 5.75 Å². The van der Waals surface area contributed by atoms with Gasteiger partial charge in [0.2, 0.25) is 0 Å². The molecule has 2 rings (SSSR count). The topological polar surface area (TPSA) is 74.8 Å². The number of guanidine groups is 1. The maximum absolute atomic E-state index is 12.0. The first-order valence-electron chi connectivity index (χ1n) is 9.22. The van der Waals surface area contributed by atoms with Crippen LogP contribution in [0, 0.1) is 0 Å². The summed E-state index contributed by atoms with van der Waals surface area (Å²) in [7, 11) is 1.68. The van der Waals surface area contributed by atoms with Gasteiger partial charge in [-0.25, -0.2) is 0 Å². The van der Waals surface area contributed by atoms with Crippen molar-refractivity contribution in [3.05, 3.63) is 65.7 Å². The van der Waals surface area contributed by atoms with Crippen LogP contribution in [0.25, 0.3) is 0 Å². The van der Waals surface area contributed by atoms with Gasteiger partial charge in [-0.05, 0) is 37.1 Å². The molecule has 0 spiro atoms. The number of rotatable bonds is 9. The first-order valence-corrected chi connectivity index (χ1v) is 9.22. The van der Waals surface area contributed by atoms with E-state index in [2.05, 4.69) is 20.9 Å². The van der Waals surface area contributed by atoms with Gasteiger partial charge in [-0.15, -0.1) is 24.0 Å². The summed E-state index contributed by atoms with van der Waals surface area (Å²) in [5.41, 5.74) is 1.80. The Kier molecular flexibility index (Phi) is 11.7. The Morgan fingerprint density at radius 2 is 1.64 bits per heavy atom. The first-order chi connectivity index (χ1) is 13.2. The lowest BCUT2D eigenvalue weighted by Gasteiger charge is -2.12. The zero-order valence-electron chi connectivity index (χ0n) is 16.4. The number of benzene rings is 2. The van der Waals surface area contributed by atoms with Crippen LogP contribution in [-0.4, -0.2) is 45.2 Å². The van der Waals surface area contributed by atoms with Gasteiger partial charge in [0, 0.05) is 31.7 Å². The molecule has 0 fully saturated rings. The van der Waals surface area contributed by atoms with Crippen LogP contribution < -0.4 is 20.7 Å².